The number of rotatable bonds is 7. The standard InChI is InChI=1S/C21H21Cl2N3O2/c1-13-10-19(25-12-15-6-7-17(22)18(23)11-15)16-4-3-5-20(21(16)26-13)28-9-8-24-14(2)27/h3-7,10-11H,8-9,12H2,1-2H3,(H,24,27)(H,25,26). The third kappa shape index (κ3) is 5.06. The van der Waals surface area contributed by atoms with E-state index in [0.29, 0.717) is 35.5 Å². The van der Waals surface area contributed by atoms with Crippen LogP contribution in [0.1, 0.15) is 18.2 Å². The van der Waals surface area contributed by atoms with Crippen molar-refractivity contribution in [2.75, 3.05) is 18.5 Å². The Labute approximate surface area is 174 Å². The number of fused-ring (bicyclic) bond motifs is 1. The molecule has 7 heteroatoms. The molecule has 0 aliphatic carbocycles. The Hall–Kier alpha value is -2.50. The van der Waals surface area contributed by atoms with Crippen molar-refractivity contribution in [3.05, 3.63) is 63.8 Å². The van der Waals surface area contributed by atoms with Crippen molar-refractivity contribution < 1.29 is 9.53 Å². The average molecular weight is 418 g/mol. The fourth-order valence-electron chi connectivity index (χ4n) is 2.85. The SMILES string of the molecule is CC(=O)NCCOc1cccc2c(NCc3ccc(Cl)c(Cl)c3)cc(C)nc12. The number of hydrogen-bond acceptors (Lipinski definition) is 4. The van der Waals surface area contributed by atoms with Crippen molar-refractivity contribution in [3.63, 3.8) is 0 Å². The van der Waals surface area contributed by atoms with E-state index >= 15 is 0 Å². The highest BCUT2D eigenvalue weighted by molar-refractivity contribution is 6.42. The number of halogens is 2. The first-order valence-electron chi connectivity index (χ1n) is 8.89. The molecule has 28 heavy (non-hydrogen) atoms. The van der Waals surface area contributed by atoms with Gasteiger partial charge >= 0.3 is 0 Å². The normalized spacial score (nSPS) is 10.7. The number of benzene rings is 2. The van der Waals surface area contributed by atoms with E-state index in [9.17, 15) is 4.79 Å². The second-order valence-electron chi connectivity index (χ2n) is 6.40. The number of carbonyl (C=O) groups excluding carboxylic acids is 1. The van der Waals surface area contributed by atoms with Crippen molar-refractivity contribution in [2.45, 2.75) is 20.4 Å². The van der Waals surface area contributed by atoms with Gasteiger partial charge < -0.3 is 15.4 Å². The lowest BCUT2D eigenvalue weighted by molar-refractivity contribution is -0.119. The zero-order chi connectivity index (χ0) is 20.1. The smallest absolute Gasteiger partial charge is 0.216 e. The second kappa shape index (κ2) is 9.13. The van der Waals surface area contributed by atoms with Crippen LogP contribution in [0.4, 0.5) is 5.69 Å². The van der Waals surface area contributed by atoms with Crippen molar-refractivity contribution in [1.82, 2.24) is 10.3 Å². The van der Waals surface area contributed by atoms with Gasteiger partial charge in [0.1, 0.15) is 17.9 Å². The molecule has 0 bridgehead atoms. The topological polar surface area (TPSA) is 63.2 Å². The molecule has 0 saturated heterocycles. The van der Waals surface area contributed by atoms with E-state index in [4.69, 9.17) is 27.9 Å². The van der Waals surface area contributed by atoms with E-state index in [2.05, 4.69) is 15.6 Å². The van der Waals surface area contributed by atoms with Crippen LogP contribution < -0.4 is 15.4 Å². The Morgan fingerprint density at radius 3 is 2.71 bits per heavy atom. The fraction of sp³-hybridized carbons (Fsp3) is 0.238. The number of hydrogen-bond donors (Lipinski definition) is 2. The Morgan fingerprint density at radius 1 is 1.14 bits per heavy atom. The van der Waals surface area contributed by atoms with Gasteiger partial charge in [-0.05, 0) is 36.8 Å². The lowest BCUT2D eigenvalue weighted by Crippen LogP contribution is -2.25. The molecule has 0 aliphatic heterocycles. The first-order valence-corrected chi connectivity index (χ1v) is 9.65. The number of nitrogens with zero attached hydrogens (tertiary/aromatic N) is 1. The molecule has 1 aromatic heterocycles. The Kier molecular flexibility index (Phi) is 6.60. The van der Waals surface area contributed by atoms with Crippen LogP contribution in [-0.4, -0.2) is 24.0 Å². The van der Waals surface area contributed by atoms with Gasteiger partial charge in [0.2, 0.25) is 5.91 Å². The molecule has 1 amide bonds. The van der Waals surface area contributed by atoms with Gasteiger partial charge in [0.15, 0.2) is 0 Å². The molecule has 3 aromatic rings. The number of anilines is 1. The summed E-state index contributed by atoms with van der Waals surface area (Å²) < 4.78 is 5.83. The highest BCUT2D eigenvalue weighted by Gasteiger charge is 2.10. The van der Waals surface area contributed by atoms with E-state index in [1.807, 2.05) is 43.3 Å². The maximum atomic E-state index is 11.0. The van der Waals surface area contributed by atoms with Gasteiger partial charge in [0.25, 0.3) is 0 Å². The van der Waals surface area contributed by atoms with Gasteiger partial charge in [-0.15, -0.1) is 0 Å². The summed E-state index contributed by atoms with van der Waals surface area (Å²) in [7, 11) is 0. The minimum absolute atomic E-state index is 0.0794. The molecule has 0 fully saturated rings. The maximum Gasteiger partial charge on any atom is 0.216 e. The highest BCUT2D eigenvalue weighted by Crippen LogP contribution is 2.31. The molecule has 0 unspecified atom stereocenters. The van der Waals surface area contributed by atoms with Crippen molar-refractivity contribution >= 4 is 45.7 Å². The van der Waals surface area contributed by atoms with Crippen LogP contribution in [0.3, 0.4) is 0 Å². The van der Waals surface area contributed by atoms with Gasteiger partial charge in [-0.1, -0.05) is 41.4 Å². The van der Waals surface area contributed by atoms with Gasteiger partial charge in [-0.2, -0.15) is 0 Å². The number of carbonyl (C=O) groups is 1. The first kappa shape index (κ1) is 20.2. The summed E-state index contributed by atoms with van der Waals surface area (Å²) in [6, 6.07) is 13.4. The average Bonchev–Trinajstić information content (AvgIpc) is 2.66. The van der Waals surface area contributed by atoms with Crippen molar-refractivity contribution in [2.24, 2.45) is 0 Å². The number of amides is 1. The molecule has 146 valence electrons. The molecule has 2 N–H and O–H groups in total. The summed E-state index contributed by atoms with van der Waals surface area (Å²) >= 11 is 12.1. The van der Waals surface area contributed by atoms with E-state index in [0.717, 1.165) is 27.8 Å². The van der Waals surface area contributed by atoms with Crippen LogP contribution in [0.25, 0.3) is 10.9 Å². The third-order valence-corrected chi connectivity index (χ3v) is 4.87. The molecule has 1 heterocycles. The third-order valence-electron chi connectivity index (χ3n) is 4.13. The van der Waals surface area contributed by atoms with Crippen LogP contribution in [0, 0.1) is 6.92 Å². The predicted molar refractivity (Wildman–Crippen MR) is 114 cm³/mol. The zero-order valence-corrected chi connectivity index (χ0v) is 17.2. The number of nitrogens with one attached hydrogen (secondary N) is 2. The van der Waals surface area contributed by atoms with E-state index < -0.39 is 0 Å². The van der Waals surface area contributed by atoms with Crippen LogP contribution in [-0.2, 0) is 11.3 Å². The lowest BCUT2D eigenvalue weighted by Gasteiger charge is -2.14. The monoisotopic (exact) mass is 417 g/mol. The quantitative estimate of drug-likeness (QED) is 0.532. The minimum atomic E-state index is -0.0794. The van der Waals surface area contributed by atoms with Gasteiger partial charge in [0, 0.05) is 30.2 Å². The molecule has 0 atom stereocenters. The molecule has 3 rings (SSSR count). The summed E-state index contributed by atoms with van der Waals surface area (Å²) in [6.45, 7) is 4.84. The van der Waals surface area contributed by atoms with Gasteiger partial charge in [-0.3, -0.25) is 4.79 Å². The number of aryl methyl sites for hydroxylation is 1. The Balaban J connectivity index is 1.81. The first-order chi connectivity index (χ1) is 13.4. The van der Waals surface area contributed by atoms with Crippen molar-refractivity contribution in [1.29, 1.82) is 0 Å². The van der Waals surface area contributed by atoms with Gasteiger partial charge in [-0.25, -0.2) is 4.98 Å². The molecular weight excluding hydrogens is 397 g/mol. The highest BCUT2D eigenvalue weighted by atomic mass is 35.5. The molecule has 0 saturated carbocycles. The van der Waals surface area contributed by atoms with E-state index in [1.165, 1.54) is 6.92 Å². The molecule has 0 aliphatic rings. The van der Waals surface area contributed by atoms with Crippen LogP contribution in [0.15, 0.2) is 42.5 Å². The fourth-order valence-corrected chi connectivity index (χ4v) is 3.17. The Bertz CT molecular complexity index is 1010. The van der Waals surface area contributed by atoms with Crippen LogP contribution in [0.2, 0.25) is 10.0 Å². The number of aromatic nitrogens is 1. The summed E-state index contributed by atoms with van der Waals surface area (Å²) in [5.41, 5.74) is 3.64. The van der Waals surface area contributed by atoms with Crippen LogP contribution >= 0.6 is 23.2 Å². The second-order valence-corrected chi connectivity index (χ2v) is 7.21. The van der Waals surface area contributed by atoms with E-state index in [1.54, 1.807) is 6.07 Å². The minimum Gasteiger partial charge on any atom is -0.489 e. The molecule has 0 spiro atoms. The van der Waals surface area contributed by atoms with Crippen LogP contribution in [0.5, 0.6) is 5.75 Å². The summed E-state index contributed by atoms with van der Waals surface area (Å²) in [4.78, 5) is 15.6. The number of para-hydroxylation sites is 1. The van der Waals surface area contributed by atoms with Gasteiger partial charge in [0.05, 0.1) is 16.6 Å². The molecule has 2 aromatic carbocycles. The molecule has 0 radical (unpaired) electrons. The maximum absolute atomic E-state index is 11.0. The van der Waals surface area contributed by atoms with E-state index in [-0.39, 0.29) is 5.91 Å². The van der Waals surface area contributed by atoms with Crippen molar-refractivity contribution in [3.8, 4) is 5.75 Å². The number of pyridine rings is 1. The largest absolute Gasteiger partial charge is 0.489 e. The molecule has 5 nitrogen and oxygen atoms in total. The zero-order valence-electron chi connectivity index (χ0n) is 15.7. The Morgan fingerprint density at radius 2 is 1.96 bits per heavy atom. The number of ether oxygens (including phenoxy) is 1. The molecular formula is C21H21Cl2N3O2. The lowest BCUT2D eigenvalue weighted by atomic mass is 10.1. The summed E-state index contributed by atoms with van der Waals surface area (Å²) in [6.07, 6.45) is 0. The summed E-state index contributed by atoms with van der Waals surface area (Å²) in [5, 5.41) is 8.20. The predicted octanol–water partition coefficient (Wildman–Crippen LogP) is 4.98. The summed E-state index contributed by atoms with van der Waals surface area (Å²) in [5.74, 6) is 0.605.